The van der Waals surface area contributed by atoms with E-state index in [0.717, 1.165) is 16.5 Å². The number of aliphatic carboxylic acids is 1. The Morgan fingerprint density at radius 3 is 2.49 bits per heavy atom. The number of carboxylic acid groups (broad SMARTS) is 1. The second-order valence-corrected chi connectivity index (χ2v) is 10.3. The van der Waals surface area contributed by atoms with Gasteiger partial charge >= 0.3 is 5.97 Å². The van der Waals surface area contributed by atoms with Crippen molar-refractivity contribution in [3.05, 3.63) is 102 Å². The fourth-order valence-corrected chi connectivity index (χ4v) is 4.94. The quantitative estimate of drug-likeness (QED) is 0.187. The standard InChI is InChI=1S/C33H33N3O7/c34-24(16-21-6-2-1-3-7-21)19-41-28-13-11-23-8-4-5-9-25(23)31(28)33(40)36-26(18-30(37)38)32(39)35-15-14-22-10-12-27-29(17-22)43-20-42-27/h1-13,17,24,26H,14-16,18-20,34H2,(H,35,39)(H,36,40)(H,37,38). The first-order valence-corrected chi connectivity index (χ1v) is 14.0. The van der Waals surface area contributed by atoms with Crippen molar-refractivity contribution in [1.29, 1.82) is 0 Å². The SMILES string of the molecule is NC(COc1ccc2ccccc2c1C(=O)NC(CC(=O)O)C(=O)NCCc1ccc2c(c1)OCO2)Cc1ccccc1. The molecular weight excluding hydrogens is 550 g/mol. The maximum absolute atomic E-state index is 13.7. The van der Waals surface area contributed by atoms with E-state index in [2.05, 4.69) is 10.6 Å². The summed E-state index contributed by atoms with van der Waals surface area (Å²) in [5.41, 5.74) is 8.50. The predicted octanol–water partition coefficient (Wildman–Crippen LogP) is 3.45. The van der Waals surface area contributed by atoms with Gasteiger partial charge in [0.2, 0.25) is 12.7 Å². The van der Waals surface area contributed by atoms with Gasteiger partial charge in [0.15, 0.2) is 11.5 Å². The monoisotopic (exact) mass is 583 g/mol. The lowest BCUT2D eigenvalue weighted by atomic mass is 10.0. The van der Waals surface area contributed by atoms with Crippen LogP contribution in [0.2, 0.25) is 0 Å². The van der Waals surface area contributed by atoms with E-state index in [-0.39, 0.29) is 37.3 Å². The van der Waals surface area contributed by atoms with Crippen molar-refractivity contribution in [2.75, 3.05) is 19.9 Å². The molecule has 10 nitrogen and oxygen atoms in total. The zero-order chi connectivity index (χ0) is 30.2. The number of nitrogens with one attached hydrogen (secondary N) is 2. The van der Waals surface area contributed by atoms with Crippen molar-refractivity contribution in [2.24, 2.45) is 5.73 Å². The Labute approximate surface area is 248 Å². The molecule has 0 aliphatic carbocycles. The second-order valence-electron chi connectivity index (χ2n) is 10.3. The van der Waals surface area contributed by atoms with Gasteiger partial charge in [-0.25, -0.2) is 0 Å². The Kier molecular flexibility index (Phi) is 9.38. The highest BCUT2D eigenvalue weighted by molar-refractivity contribution is 6.10. The largest absolute Gasteiger partial charge is 0.491 e. The van der Waals surface area contributed by atoms with Crippen molar-refractivity contribution in [3.63, 3.8) is 0 Å². The van der Waals surface area contributed by atoms with Gasteiger partial charge in [0, 0.05) is 12.6 Å². The van der Waals surface area contributed by atoms with Crippen molar-refractivity contribution < 1.29 is 33.7 Å². The molecule has 0 fully saturated rings. The fourth-order valence-electron chi connectivity index (χ4n) is 4.94. The summed E-state index contributed by atoms with van der Waals surface area (Å²) >= 11 is 0. The smallest absolute Gasteiger partial charge is 0.305 e. The number of carbonyl (C=O) groups excluding carboxylic acids is 2. The number of hydrogen-bond acceptors (Lipinski definition) is 7. The van der Waals surface area contributed by atoms with Crippen LogP contribution >= 0.6 is 0 Å². The van der Waals surface area contributed by atoms with Crippen LogP contribution in [0.25, 0.3) is 10.8 Å². The van der Waals surface area contributed by atoms with Gasteiger partial charge in [-0.15, -0.1) is 0 Å². The zero-order valence-corrected chi connectivity index (χ0v) is 23.5. The minimum atomic E-state index is -1.31. The average molecular weight is 584 g/mol. The van der Waals surface area contributed by atoms with Crippen LogP contribution < -0.4 is 30.6 Å². The lowest BCUT2D eigenvalue weighted by Gasteiger charge is -2.20. The third-order valence-electron chi connectivity index (χ3n) is 7.06. The Bertz CT molecular complexity index is 1610. The number of carbonyl (C=O) groups is 3. The van der Waals surface area contributed by atoms with E-state index in [1.54, 1.807) is 24.3 Å². The number of ether oxygens (including phenoxy) is 3. The first kappa shape index (κ1) is 29.4. The molecular formula is C33H33N3O7. The molecule has 0 bridgehead atoms. The van der Waals surface area contributed by atoms with Gasteiger partial charge in [-0.3, -0.25) is 14.4 Å². The van der Waals surface area contributed by atoms with Crippen molar-refractivity contribution in [1.82, 2.24) is 10.6 Å². The molecule has 2 amide bonds. The van der Waals surface area contributed by atoms with E-state index in [1.807, 2.05) is 60.7 Å². The van der Waals surface area contributed by atoms with Crippen LogP contribution in [0.5, 0.6) is 17.2 Å². The number of amides is 2. The maximum atomic E-state index is 13.7. The molecule has 43 heavy (non-hydrogen) atoms. The minimum absolute atomic E-state index is 0.145. The van der Waals surface area contributed by atoms with Gasteiger partial charge in [0.1, 0.15) is 18.4 Å². The van der Waals surface area contributed by atoms with Gasteiger partial charge < -0.3 is 35.7 Å². The molecule has 222 valence electrons. The summed E-state index contributed by atoms with van der Waals surface area (Å²) in [4.78, 5) is 38.4. The predicted molar refractivity (Wildman–Crippen MR) is 160 cm³/mol. The molecule has 0 saturated carbocycles. The Morgan fingerprint density at radius 1 is 0.907 bits per heavy atom. The topological polar surface area (TPSA) is 149 Å². The number of fused-ring (bicyclic) bond motifs is 2. The van der Waals surface area contributed by atoms with Crippen LogP contribution in [0, 0.1) is 0 Å². The third-order valence-corrected chi connectivity index (χ3v) is 7.06. The number of benzene rings is 4. The van der Waals surface area contributed by atoms with Crippen molar-refractivity contribution >= 4 is 28.6 Å². The molecule has 2 unspecified atom stereocenters. The van der Waals surface area contributed by atoms with Crippen molar-refractivity contribution in [2.45, 2.75) is 31.3 Å². The highest BCUT2D eigenvalue weighted by Crippen LogP contribution is 2.32. The van der Waals surface area contributed by atoms with E-state index in [9.17, 15) is 19.5 Å². The van der Waals surface area contributed by atoms with Crippen LogP contribution in [0.1, 0.15) is 27.9 Å². The summed E-state index contributed by atoms with van der Waals surface area (Å²) < 4.78 is 16.8. The Morgan fingerprint density at radius 2 is 1.67 bits per heavy atom. The lowest BCUT2D eigenvalue weighted by Crippen LogP contribution is -2.48. The zero-order valence-electron chi connectivity index (χ0n) is 23.5. The molecule has 5 N–H and O–H groups in total. The summed E-state index contributed by atoms with van der Waals surface area (Å²) in [6, 6.07) is 24.4. The minimum Gasteiger partial charge on any atom is -0.491 e. The molecule has 1 aliphatic rings. The van der Waals surface area contributed by atoms with E-state index in [1.165, 1.54) is 0 Å². The van der Waals surface area contributed by atoms with Crippen LogP contribution in [-0.4, -0.2) is 54.9 Å². The van der Waals surface area contributed by atoms with Crippen molar-refractivity contribution in [3.8, 4) is 17.2 Å². The summed E-state index contributed by atoms with van der Waals surface area (Å²) in [6.45, 7) is 0.537. The average Bonchev–Trinajstić information content (AvgIpc) is 3.47. The third kappa shape index (κ3) is 7.60. The van der Waals surface area contributed by atoms with Crippen LogP contribution in [0.3, 0.4) is 0 Å². The highest BCUT2D eigenvalue weighted by atomic mass is 16.7. The van der Waals surface area contributed by atoms with Gasteiger partial charge in [0.25, 0.3) is 5.91 Å². The number of nitrogens with two attached hydrogens (primary N) is 1. The maximum Gasteiger partial charge on any atom is 0.305 e. The second kappa shape index (κ2) is 13.7. The Balaban J connectivity index is 1.28. The van der Waals surface area contributed by atoms with E-state index in [0.29, 0.717) is 29.7 Å². The molecule has 1 aliphatic heterocycles. The number of rotatable bonds is 13. The van der Waals surface area contributed by atoms with Gasteiger partial charge in [-0.2, -0.15) is 0 Å². The van der Waals surface area contributed by atoms with Crippen LogP contribution in [0.4, 0.5) is 0 Å². The number of hydrogen-bond donors (Lipinski definition) is 4. The molecule has 2 atom stereocenters. The van der Waals surface area contributed by atoms with E-state index < -0.39 is 30.2 Å². The first-order chi connectivity index (χ1) is 20.9. The molecule has 0 radical (unpaired) electrons. The first-order valence-electron chi connectivity index (χ1n) is 14.0. The normalized spacial score (nSPS) is 13.2. The molecule has 0 spiro atoms. The van der Waals surface area contributed by atoms with E-state index >= 15 is 0 Å². The summed E-state index contributed by atoms with van der Waals surface area (Å²) in [5.74, 6) is -0.875. The van der Waals surface area contributed by atoms with E-state index in [4.69, 9.17) is 19.9 Å². The Hall–Kier alpha value is -5.09. The van der Waals surface area contributed by atoms with Gasteiger partial charge in [0.05, 0.1) is 12.0 Å². The highest BCUT2D eigenvalue weighted by Gasteiger charge is 2.27. The summed E-state index contributed by atoms with van der Waals surface area (Å²) in [6.07, 6.45) is 0.467. The molecule has 10 heteroatoms. The fraction of sp³-hybridized carbons (Fsp3) is 0.242. The summed E-state index contributed by atoms with van der Waals surface area (Å²) in [7, 11) is 0. The lowest BCUT2D eigenvalue weighted by molar-refractivity contribution is -0.139. The van der Waals surface area contributed by atoms with Gasteiger partial charge in [-0.1, -0.05) is 66.7 Å². The molecule has 5 rings (SSSR count). The molecule has 1 heterocycles. The van der Waals surface area contributed by atoms with Crippen LogP contribution in [0.15, 0.2) is 84.9 Å². The molecule has 0 aromatic heterocycles. The van der Waals surface area contributed by atoms with Gasteiger partial charge in [-0.05, 0) is 52.9 Å². The summed E-state index contributed by atoms with van der Waals surface area (Å²) in [5, 5.41) is 16.3. The number of carboxylic acids is 1. The van der Waals surface area contributed by atoms with Crippen LogP contribution in [-0.2, 0) is 22.4 Å². The molecule has 0 saturated heterocycles. The molecule has 4 aromatic carbocycles. The molecule has 4 aromatic rings.